The van der Waals surface area contributed by atoms with Crippen molar-refractivity contribution in [3.63, 3.8) is 0 Å². The van der Waals surface area contributed by atoms with Gasteiger partial charge in [0, 0.05) is 0 Å². The van der Waals surface area contributed by atoms with Crippen LogP contribution in [-0.4, -0.2) is 24.3 Å². The molecule has 0 aliphatic carbocycles. The zero-order chi connectivity index (χ0) is 19.7. The van der Waals surface area contributed by atoms with Gasteiger partial charge in [0.2, 0.25) is 5.76 Å². The number of aliphatic carboxylic acids is 1. The molecule has 0 heterocycles. The Bertz CT molecular complexity index is 534. The molecule has 0 bridgehead atoms. The molecule has 27 heavy (non-hydrogen) atoms. The lowest BCUT2D eigenvalue weighted by Crippen LogP contribution is -2.06. The Balaban J connectivity index is 2.40. The van der Waals surface area contributed by atoms with E-state index in [0.29, 0.717) is 6.61 Å². The first-order chi connectivity index (χ1) is 13.2. The van der Waals surface area contributed by atoms with Crippen molar-refractivity contribution < 1.29 is 19.4 Å². The topological polar surface area (TPSA) is 55.8 Å². The molecule has 1 N–H and O–H groups in total. The molecule has 0 aromatic heterocycles. The third-order valence-electron chi connectivity index (χ3n) is 4.41. The molecule has 152 valence electrons. The van der Waals surface area contributed by atoms with Crippen LogP contribution < -0.4 is 4.74 Å². The minimum atomic E-state index is -1.03. The molecule has 0 atom stereocenters. The van der Waals surface area contributed by atoms with Gasteiger partial charge in [-0.1, -0.05) is 77.3 Å². The second kappa shape index (κ2) is 15.1. The molecule has 0 aliphatic rings. The number of carboxylic acids is 1. The maximum absolute atomic E-state index is 11.4. The maximum atomic E-state index is 11.4. The van der Waals surface area contributed by atoms with Crippen LogP contribution in [0.3, 0.4) is 0 Å². The molecule has 0 radical (unpaired) electrons. The average molecular weight is 377 g/mol. The Morgan fingerprint density at radius 3 is 2.04 bits per heavy atom. The van der Waals surface area contributed by atoms with E-state index in [4.69, 9.17) is 9.47 Å². The van der Waals surface area contributed by atoms with Crippen molar-refractivity contribution in [2.45, 2.75) is 78.1 Å². The summed E-state index contributed by atoms with van der Waals surface area (Å²) in [4.78, 5) is 11.4. The maximum Gasteiger partial charge on any atom is 0.371 e. The average Bonchev–Trinajstić information content (AvgIpc) is 2.67. The van der Waals surface area contributed by atoms with E-state index in [1.54, 1.807) is 6.08 Å². The standard InChI is InChI=1S/C23H36O4/c1-3-5-7-9-10-12-18-27-22(23(24)25)19-20-13-15-21(16-14-20)26-17-11-8-6-4-2/h13-16,19H,3-12,17-18H2,1-2H3,(H,24,25). The number of ether oxygens (including phenoxy) is 2. The van der Waals surface area contributed by atoms with Gasteiger partial charge in [-0.15, -0.1) is 0 Å². The Hall–Kier alpha value is -1.97. The highest BCUT2D eigenvalue weighted by atomic mass is 16.5. The minimum absolute atomic E-state index is 0.00297. The normalized spacial score (nSPS) is 11.4. The Labute approximate surface area is 164 Å². The van der Waals surface area contributed by atoms with Crippen LogP contribution in [0.4, 0.5) is 0 Å². The lowest BCUT2D eigenvalue weighted by atomic mass is 10.1. The van der Waals surface area contributed by atoms with E-state index in [-0.39, 0.29) is 5.76 Å². The van der Waals surface area contributed by atoms with E-state index in [9.17, 15) is 9.90 Å². The molecule has 0 unspecified atom stereocenters. The molecule has 0 saturated carbocycles. The van der Waals surface area contributed by atoms with Crippen LogP contribution in [0.1, 0.15) is 83.6 Å². The number of unbranched alkanes of at least 4 members (excludes halogenated alkanes) is 8. The van der Waals surface area contributed by atoms with Gasteiger partial charge in [0.1, 0.15) is 5.75 Å². The fourth-order valence-electron chi connectivity index (χ4n) is 2.76. The zero-order valence-electron chi connectivity index (χ0n) is 17.0. The van der Waals surface area contributed by atoms with Crippen molar-refractivity contribution in [2.75, 3.05) is 13.2 Å². The molecule has 1 aromatic carbocycles. The Kier molecular flexibility index (Phi) is 12.9. The first-order valence-electron chi connectivity index (χ1n) is 10.5. The SMILES string of the molecule is CCCCCCCCOC(=Cc1ccc(OCCCCCC)cc1)C(=O)O. The lowest BCUT2D eigenvalue weighted by molar-refractivity contribution is -0.136. The molecule has 4 nitrogen and oxygen atoms in total. The van der Waals surface area contributed by atoms with Gasteiger partial charge in [0.05, 0.1) is 13.2 Å². The molecule has 0 saturated heterocycles. The summed E-state index contributed by atoms with van der Waals surface area (Å²) < 4.78 is 11.2. The molecule has 0 fully saturated rings. The predicted octanol–water partition coefficient (Wildman–Crippen LogP) is 6.45. The molecular formula is C23H36O4. The monoisotopic (exact) mass is 376 g/mol. The van der Waals surface area contributed by atoms with Crippen LogP contribution in [0, 0.1) is 0 Å². The van der Waals surface area contributed by atoms with Crippen molar-refractivity contribution in [3.8, 4) is 5.75 Å². The zero-order valence-corrected chi connectivity index (χ0v) is 17.0. The van der Waals surface area contributed by atoms with Gasteiger partial charge in [-0.25, -0.2) is 4.79 Å². The fourth-order valence-corrected chi connectivity index (χ4v) is 2.76. The van der Waals surface area contributed by atoms with E-state index in [1.807, 2.05) is 24.3 Å². The van der Waals surface area contributed by atoms with Crippen molar-refractivity contribution in [2.24, 2.45) is 0 Å². The number of carbonyl (C=O) groups is 1. The van der Waals surface area contributed by atoms with Crippen molar-refractivity contribution in [1.29, 1.82) is 0 Å². The highest BCUT2D eigenvalue weighted by molar-refractivity contribution is 5.89. The molecule has 1 rings (SSSR count). The van der Waals surface area contributed by atoms with Crippen molar-refractivity contribution in [3.05, 3.63) is 35.6 Å². The third-order valence-corrected chi connectivity index (χ3v) is 4.41. The van der Waals surface area contributed by atoms with Gasteiger partial charge in [-0.3, -0.25) is 0 Å². The van der Waals surface area contributed by atoms with Gasteiger partial charge in [0.15, 0.2) is 0 Å². The Morgan fingerprint density at radius 2 is 1.41 bits per heavy atom. The Morgan fingerprint density at radius 1 is 0.852 bits per heavy atom. The fraction of sp³-hybridized carbons (Fsp3) is 0.609. The number of hydrogen-bond acceptors (Lipinski definition) is 3. The minimum Gasteiger partial charge on any atom is -0.494 e. The predicted molar refractivity (Wildman–Crippen MR) is 111 cm³/mol. The smallest absolute Gasteiger partial charge is 0.371 e. The van der Waals surface area contributed by atoms with E-state index in [1.165, 1.54) is 44.9 Å². The molecular weight excluding hydrogens is 340 g/mol. The van der Waals surface area contributed by atoms with Gasteiger partial charge in [-0.2, -0.15) is 0 Å². The lowest BCUT2D eigenvalue weighted by Gasteiger charge is -2.08. The van der Waals surface area contributed by atoms with Crippen LogP contribution in [0.25, 0.3) is 6.08 Å². The van der Waals surface area contributed by atoms with Crippen LogP contribution >= 0.6 is 0 Å². The summed E-state index contributed by atoms with van der Waals surface area (Å²) in [5.41, 5.74) is 0.800. The van der Waals surface area contributed by atoms with Crippen LogP contribution in [0.15, 0.2) is 30.0 Å². The van der Waals surface area contributed by atoms with Gasteiger partial charge in [-0.05, 0) is 36.6 Å². The van der Waals surface area contributed by atoms with Gasteiger partial charge in [0.25, 0.3) is 0 Å². The summed E-state index contributed by atoms with van der Waals surface area (Å²) in [6, 6.07) is 7.47. The van der Waals surface area contributed by atoms with Crippen LogP contribution in [0.5, 0.6) is 5.75 Å². The third kappa shape index (κ3) is 11.4. The summed E-state index contributed by atoms with van der Waals surface area (Å²) >= 11 is 0. The summed E-state index contributed by atoms with van der Waals surface area (Å²) in [6.07, 6.45) is 13.2. The second-order valence-corrected chi connectivity index (χ2v) is 6.91. The van der Waals surface area contributed by atoms with E-state index in [2.05, 4.69) is 13.8 Å². The van der Waals surface area contributed by atoms with E-state index in [0.717, 1.165) is 37.2 Å². The summed E-state index contributed by atoms with van der Waals surface area (Å²) in [5, 5.41) is 9.33. The second-order valence-electron chi connectivity index (χ2n) is 6.91. The first-order valence-corrected chi connectivity index (χ1v) is 10.5. The first kappa shape index (κ1) is 23.1. The van der Waals surface area contributed by atoms with E-state index >= 15 is 0 Å². The summed E-state index contributed by atoms with van der Waals surface area (Å²) in [5.74, 6) is -0.220. The molecule has 0 spiro atoms. The van der Waals surface area contributed by atoms with Crippen LogP contribution in [0.2, 0.25) is 0 Å². The number of carboxylic acid groups (broad SMARTS) is 1. The molecule has 0 aliphatic heterocycles. The number of benzene rings is 1. The van der Waals surface area contributed by atoms with Gasteiger partial charge >= 0.3 is 5.97 Å². The van der Waals surface area contributed by atoms with Crippen molar-refractivity contribution >= 4 is 12.0 Å². The molecule has 1 aromatic rings. The summed E-state index contributed by atoms with van der Waals surface area (Å²) in [6.45, 7) is 5.55. The number of rotatable bonds is 16. The van der Waals surface area contributed by atoms with E-state index < -0.39 is 5.97 Å². The summed E-state index contributed by atoms with van der Waals surface area (Å²) in [7, 11) is 0. The van der Waals surface area contributed by atoms with Gasteiger partial charge < -0.3 is 14.6 Å². The highest BCUT2D eigenvalue weighted by Gasteiger charge is 2.09. The quantitative estimate of drug-likeness (QED) is 0.205. The van der Waals surface area contributed by atoms with Crippen LogP contribution in [-0.2, 0) is 9.53 Å². The van der Waals surface area contributed by atoms with Crippen molar-refractivity contribution in [1.82, 2.24) is 0 Å². The number of hydrogen-bond donors (Lipinski definition) is 1. The largest absolute Gasteiger partial charge is 0.494 e. The highest BCUT2D eigenvalue weighted by Crippen LogP contribution is 2.16. The molecule has 4 heteroatoms. The molecule has 0 amide bonds.